The van der Waals surface area contributed by atoms with E-state index >= 15 is 0 Å². The summed E-state index contributed by atoms with van der Waals surface area (Å²) in [5.74, 6) is 4.91. The normalized spacial score (nSPS) is 17.2. The van der Waals surface area contributed by atoms with Crippen LogP contribution < -0.4 is 11.2 Å². The van der Waals surface area contributed by atoms with Gasteiger partial charge in [0.15, 0.2) is 0 Å². The first-order chi connectivity index (χ1) is 27.5. The van der Waals surface area contributed by atoms with Gasteiger partial charge in [0.2, 0.25) is 0 Å². The van der Waals surface area contributed by atoms with Crippen molar-refractivity contribution in [2.24, 2.45) is 10.9 Å². The number of anilines is 1. The molecular weight excluding hydrogens is 705 g/mol. The number of nitrogen functional groups attached to an aromatic ring is 1. The van der Waals surface area contributed by atoms with Crippen LogP contribution in [0.25, 0.3) is 0 Å². The van der Waals surface area contributed by atoms with Crippen molar-refractivity contribution in [2.75, 3.05) is 39.0 Å². The van der Waals surface area contributed by atoms with E-state index in [-0.39, 0.29) is 11.4 Å². The molecule has 0 spiro atoms. The Bertz CT molecular complexity index is 1300. The zero-order valence-electron chi connectivity index (χ0n) is 38.9. The number of carbonyl (C=O) groups is 1. The van der Waals surface area contributed by atoms with E-state index in [4.69, 9.17) is 17.1 Å². The van der Waals surface area contributed by atoms with Crippen molar-refractivity contribution >= 4 is 17.8 Å². The van der Waals surface area contributed by atoms with Crippen LogP contribution in [-0.4, -0.2) is 77.3 Å². The molecule has 3 heterocycles. The average molecular weight is 793 g/mol. The van der Waals surface area contributed by atoms with Crippen LogP contribution in [0.2, 0.25) is 0 Å². The van der Waals surface area contributed by atoms with Crippen molar-refractivity contribution in [2.45, 2.75) is 178 Å². The van der Waals surface area contributed by atoms with Crippen molar-refractivity contribution < 1.29 is 9.90 Å². The second-order valence-corrected chi connectivity index (χ2v) is 14.8. The van der Waals surface area contributed by atoms with Crippen LogP contribution in [0.1, 0.15) is 170 Å². The first-order valence-electron chi connectivity index (χ1n) is 22.6. The van der Waals surface area contributed by atoms with E-state index in [0.717, 1.165) is 36.0 Å². The predicted octanol–water partition coefficient (Wildman–Crippen LogP) is 11.8. The summed E-state index contributed by atoms with van der Waals surface area (Å²) in [5, 5.41) is 11.5. The Morgan fingerprint density at radius 1 is 0.947 bits per heavy atom. The number of terminal acetylenes is 1. The average Bonchev–Trinajstić information content (AvgIpc) is 3.92. The molecule has 0 saturated carbocycles. The molecule has 3 aliphatic rings. The number of hydrogen-bond donors (Lipinski definition) is 3. The number of piperidine rings is 1. The van der Waals surface area contributed by atoms with Gasteiger partial charge < -0.3 is 25.4 Å². The molecule has 1 aromatic carbocycles. The number of phenolic OH excluding ortho intramolecular Hbond substituents is 1. The number of allylic oxidation sites excluding steroid dienone is 4. The van der Waals surface area contributed by atoms with E-state index in [1.165, 1.54) is 103 Å². The number of aliphatic imine (C=N–C) groups is 1. The van der Waals surface area contributed by atoms with E-state index in [2.05, 4.69) is 99.0 Å². The van der Waals surface area contributed by atoms with Crippen molar-refractivity contribution in [1.29, 1.82) is 0 Å². The minimum Gasteiger partial charge on any atom is -0.506 e. The van der Waals surface area contributed by atoms with E-state index < -0.39 is 0 Å². The number of carbonyl (C=O) groups excluding carboxylic acids is 1. The molecule has 326 valence electrons. The molecule has 4 rings (SSSR count). The summed E-state index contributed by atoms with van der Waals surface area (Å²) in [4.78, 5) is 19.2. The summed E-state index contributed by atoms with van der Waals surface area (Å²) in [6, 6.07) is 4.79. The smallest absolute Gasteiger partial charge is 0.145 e. The van der Waals surface area contributed by atoms with E-state index in [9.17, 15) is 9.90 Å². The number of hydrazine groups is 1. The first-order valence-corrected chi connectivity index (χ1v) is 22.6. The van der Waals surface area contributed by atoms with Gasteiger partial charge in [0.05, 0.1) is 17.3 Å². The van der Waals surface area contributed by atoms with Crippen molar-refractivity contribution in [3.05, 3.63) is 59.5 Å². The number of unbranched alkanes of at least 4 members (excludes halogenated alkanes) is 3. The van der Waals surface area contributed by atoms with Gasteiger partial charge in [0.1, 0.15) is 23.7 Å². The lowest BCUT2D eigenvalue weighted by Gasteiger charge is -2.34. The van der Waals surface area contributed by atoms with Gasteiger partial charge in [0.25, 0.3) is 0 Å². The molecule has 57 heavy (non-hydrogen) atoms. The number of nitrogens with two attached hydrogens (primary N) is 1. The second-order valence-electron chi connectivity index (χ2n) is 14.8. The maximum absolute atomic E-state index is 9.19. The van der Waals surface area contributed by atoms with Crippen LogP contribution in [0.15, 0.2) is 53.3 Å². The number of rotatable bonds is 14. The lowest BCUT2D eigenvalue weighted by Crippen LogP contribution is -2.44. The molecule has 2 saturated heterocycles. The number of nitrogens with zero attached hydrogens (tertiary/aromatic N) is 4. The maximum Gasteiger partial charge on any atom is 0.145 e. The number of aryl methyl sites for hydroxylation is 1. The van der Waals surface area contributed by atoms with E-state index in [0.29, 0.717) is 23.9 Å². The Balaban J connectivity index is 0. The standard InChI is InChI=1S/C21H37N3.C10H20N2.C9H9NO.C4H10.C3H6O.C2H6/c1-6-10-12-16-18(5)21-22-20(15-9-4)24(23-21)19(14-8-3)17-13-11-7-2;1-11-8-4-10(5-9-11)12-6-2-3-7-12;1-3-7-4-6(2)5-8(11)9(7)10;1-3-4-2;1-2-3-4;1-2/h6,10,12,15-16,18-19H,7-9,11,13-14,17H2,1-5H3,(H,22,23);10H,2-9H2,1H3;1,4-5,11H,10H2,2H3;3-4H2,1-2H3;3H,2H2,1H3;1-2H3/b10-6-,16-12-,20-15?;;;;;. The molecule has 0 radical (unpaired) electrons. The lowest BCUT2D eigenvalue weighted by molar-refractivity contribution is -0.107. The quantitative estimate of drug-likeness (QED) is 0.0431. The Labute approximate surface area is 352 Å². The molecule has 1 aromatic rings. The number of hydrogen-bond acceptors (Lipinski definition) is 8. The van der Waals surface area contributed by atoms with E-state index in [1.54, 1.807) is 12.1 Å². The number of aldehydes is 1. The second kappa shape index (κ2) is 36.8. The molecule has 3 aliphatic heterocycles. The molecule has 8 heteroatoms. The van der Waals surface area contributed by atoms with Gasteiger partial charge in [-0.2, -0.15) is 0 Å². The third-order valence-electron chi connectivity index (χ3n) is 9.84. The molecule has 0 aromatic heterocycles. The van der Waals surface area contributed by atoms with Gasteiger partial charge in [-0.05, 0) is 116 Å². The number of benzene rings is 1. The summed E-state index contributed by atoms with van der Waals surface area (Å²) < 4.78 is 0. The van der Waals surface area contributed by atoms with Crippen LogP contribution in [0.5, 0.6) is 5.75 Å². The molecule has 2 fully saturated rings. The number of likely N-dealkylation sites (tertiary alicyclic amines) is 2. The molecule has 8 nitrogen and oxygen atoms in total. The van der Waals surface area contributed by atoms with E-state index in [1.807, 2.05) is 40.7 Å². The first kappa shape index (κ1) is 55.6. The van der Waals surface area contributed by atoms with Gasteiger partial charge in [0, 0.05) is 18.4 Å². The zero-order valence-corrected chi connectivity index (χ0v) is 38.9. The largest absolute Gasteiger partial charge is 0.506 e. The van der Waals surface area contributed by atoms with Crippen molar-refractivity contribution in [1.82, 2.24) is 20.2 Å². The summed E-state index contributed by atoms with van der Waals surface area (Å²) in [6.45, 7) is 28.3. The van der Waals surface area contributed by atoms with Crippen LogP contribution in [0, 0.1) is 25.2 Å². The topological polar surface area (TPSA) is 97.4 Å². The van der Waals surface area contributed by atoms with Crippen molar-refractivity contribution in [3.63, 3.8) is 0 Å². The zero-order chi connectivity index (χ0) is 43.4. The van der Waals surface area contributed by atoms with Gasteiger partial charge in [-0.25, -0.2) is 4.99 Å². The highest BCUT2D eigenvalue weighted by Crippen LogP contribution is 2.26. The third-order valence-corrected chi connectivity index (χ3v) is 9.84. The van der Waals surface area contributed by atoms with Gasteiger partial charge in [-0.3, -0.25) is 10.4 Å². The highest BCUT2D eigenvalue weighted by atomic mass is 16.3. The molecule has 0 bridgehead atoms. The molecule has 0 amide bonds. The Morgan fingerprint density at radius 3 is 2.05 bits per heavy atom. The van der Waals surface area contributed by atoms with Gasteiger partial charge >= 0.3 is 0 Å². The summed E-state index contributed by atoms with van der Waals surface area (Å²) in [6.07, 6.45) is 34.2. The Kier molecular flexibility index (Phi) is 35.8. The molecule has 0 aliphatic carbocycles. The minimum atomic E-state index is 0.0537. The fourth-order valence-corrected chi connectivity index (χ4v) is 6.36. The predicted molar refractivity (Wildman–Crippen MR) is 252 cm³/mol. The van der Waals surface area contributed by atoms with Gasteiger partial charge in [-0.15, -0.1) is 6.42 Å². The third kappa shape index (κ3) is 24.8. The molecule has 2 unspecified atom stereocenters. The molecule has 4 N–H and O–H groups in total. The minimum absolute atomic E-state index is 0.0537. The fourth-order valence-electron chi connectivity index (χ4n) is 6.36. The van der Waals surface area contributed by atoms with Crippen LogP contribution in [0.4, 0.5) is 5.69 Å². The van der Waals surface area contributed by atoms with Crippen LogP contribution in [0.3, 0.4) is 0 Å². The summed E-state index contributed by atoms with van der Waals surface area (Å²) in [7, 11) is 2.24. The maximum atomic E-state index is 9.19. The van der Waals surface area contributed by atoms with Crippen molar-refractivity contribution in [3.8, 4) is 18.1 Å². The number of aromatic hydroxyl groups is 1. The summed E-state index contributed by atoms with van der Waals surface area (Å²) >= 11 is 0. The number of nitrogens with one attached hydrogen (secondary N) is 1. The summed E-state index contributed by atoms with van der Waals surface area (Å²) in [5.41, 5.74) is 10.8. The number of phenols is 1. The van der Waals surface area contributed by atoms with Crippen LogP contribution in [-0.2, 0) is 4.79 Å². The van der Waals surface area contributed by atoms with Gasteiger partial charge in [-0.1, -0.05) is 131 Å². The highest BCUT2D eigenvalue weighted by molar-refractivity contribution is 5.88. The Morgan fingerprint density at radius 2 is 1.56 bits per heavy atom. The SMILES string of the molecule is C#Cc1cc(C)cc(O)c1N.C/C=C\C=C/C(C)C1=NC(=CCC)N(C(CCC)CCCCC)N1.CC.CCC=O.CCCC.CN1CCC(N2CCCC2)CC1. The number of amidine groups is 1. The molecule has 2 atom stereocenters. The van der Waals surface area contributed by atoms with Crippen LogP contribution >= 0.6 is 0 Å². The highest BCUT2D eigenvalue weighted by Gasteiger charge is 2.28. The Hall–Kier alpha value is -3.54. The monoisotopic (exact) mass is 793 g/mol. The lowest BCUT2D eigenvalue weighted by atomic mass is 10.0. The fraction of sp³-hybridized carbons (Fsp3) is 0.673. The molecular formula is C49H88N6O2.